The number of fused-ring (bicyclic) bond motifs is 1. The molecule has 0 unspecified atom stereocenters. The Bertz CT molecular complexity index is 1500. The van der Waals surface area contributed by atoms with Crippen LogP contribution in [0.3, 0.4) is 0 Å². The molecule has 0 aliphatic carbocycles. The molecule has 3 aromatic carbocycles. The minimum atomic E-state index is -0.137. The third kappa shape index (κ3) is 3.97. The van der Waals surface area contributed by atoms with E-state index in [9.17, 15) is 4.79 Å². The molecule has 0 saturated heterocycles. The number of aromatic nitrogens is 2. The van der Waals surface area contributed by atoms with Gasteiger partial charge in [-0.15, -0.1) is 0 Å². The Morgan fingerprint density at radius 2 is 1.48 bits per heavy atom. The molecule has 0 saturated carbocycles. The Kier molecular flexibility index (Phi) is 5.37. The SMILES string of the molecule is Cc1cc(C)cc(-c2c[nH]c(=O)c3cc(-c4ccccc4)c(-c4ccc(C[NH3+])cc4)nc23)c1. The largest absolute Gasteiger partial charge is 0.354 e. The number of rotatable bonds is 4. The van der Waals surface area contributed by atoms with Gasteiger partial charge in [0.1, 0.15) is 0 Å². The van der Waals surface area contributed by atoms with Crippen LogP contribution < -0.4 is 11.3 Å². The second-order valence-corrected chi connectivity index (χ2v) is 8.50. The molecule has 2 aromatic heterocycles. The highest BCUT2D eigenvalue weighted by atomic mass is 16.1. The molecule has 0 bridgehead atoms. The van der Waals surface area contributed by atoms with Crippen LogP contribution in [0.2, 0.25) is 0 Å². The minimum Gasteiger partial charge on any atom is -0.354 e. The summed E-state index contributed by atoms with van der Waals surface area (Å²) < 4.78 is 0. The summed E-state index contributed by atoms with van der Waals surface area (Å²) in [7, 11) is 0. The fraction of sp³-hybridized carbons (Fsp3) is 0.103. The molecule has 162 valence electrons. The summed E-state index contributed by atoms with van der Waals surface area (Å²) in [6.45, 7) is 4.91. The number of pyridine rings is 2. The van der Waals surface area contributed by atoms with E-state index in [1.165, 1.54) is 16.7 Å². The average molecular weight is 433 g/mol. The Morgan fingerprint density at radius 3 is 2.15 bits per heavy atom. The number of aromatic amines is 1. The summed E-state index contributed by atoms with van der Waals surface area (Å²) in [5.74, 6) is 0. The molecule has 4 heteroatoms. The molecule has 4 N–H and O–H groups in total. The van der Waals surface area contributed by atoms with E-state index in [1.807, 2.05) is 24.3 Å². The molecule has 0 aliphatic rings. The molecule has 2 heterocycles. The topological polar surface area (TPSA) is 73.4 Å². The predicted octanol–water partition coefficient (Wildman–Crippen LogP) is 5.28. The molecule has 0 atom stereocenters. The Morgan fingerprint density at radius 1 is 0.788 bits per heavy atom. The molecule has 0 aliphatic heterocycles. The number of H-pyrrole nitrogens is 1. The number of aryl methyl sites for hydroxylation is 2. The van der Waals surface area contributed by atoms with Crippen molar-refractivity contribution < 1.29 is 5.73 Å². The van der Waals surface area contributed by atoms with Crippen molar-refractivity contribution >= 4 is 10.9 Å². The van der Waals surface area contributed by atoms with Crippen LogP contribution in [-0.2, 0) is 6.54 Å². The van der Waals surface area contributed by atoms with Gasteiger partial charge in [-0.05, 0) is 31.0 Å². The lowest BCUT2D eigenvalue weighted by molar-refractivity contribution is -0.386. The van der Waals surface area contributed by atoms with E-state index in [0.717, 1.165) is 40.1 Å². The zero-order valence-corrected chi connectivity index (χ0v) is 18.9. The molecule has 0 amide bonds. The van der Waals surface area contributed by atoms with Crippen molar-refractivity contribution in [2.24, 2.45) is 0 Å². The first kappa shape index (κ1) is 20.9. The van der Waals surface area contributed by atoms with Crippen molar-refractivity contribution in [3.63, 3.8) is 0 Å². The molecule has 0 fully saturated rings. The summed E-state index contributed by atoms with van der Waals surface area (Å²) in [6, 6.07) is 26.9. The van der Waals surface area contributed by atoms with Crippen LogP contribution in [0, 0.1) is 13.8 Å². The van der Waals surface area contributed by atoms with Gasteiger partial charge in [0, 0.05) is 28.5 Å². The van der Waals surface area contributed by atoms with E-state index < -0.39 is 0 Å². The normalized spacial score (nSPS) is 11.1. The molecule has 5 rings (SSSR count). The van der Waals surface area contributed by atoms with Crippen molar-refractivity contribution in [2.75, 3.05) is 0 Å². The van der Waals surface area contributed by atoms with Gasteiger partial charge in [0.2, 0.25) is 0 Å². The summed E-state index contributed by atoms with van der Waals surface area (Å²) in [6.07, 6.45) is 1.78. The van der Waals surface area contributed by atoms with Crippen LogP contribution in [0.4, 0.5) is 0 Å². The highest BCUT2D eigenvalue weighted by molar-refractivity contribution is 5.98. The molecule has 5 aromatic rings. The smallest absolute Gasteiger partial charge is 0.257 e. The second kappa shape index (κ2) is 8.49. The maximum Gasteiger partial charge on any atom is 0.257 e. The van der Waals surface area contributed by atoms with Crippen molar-refractivity contribution in [1.29, 1.82) is 0 Å². The van der Waals surface area contributed by atoms with Crippen LogP contribution in [0.25, 0.3) is 44.4 Å². The first-order valence-corrected chi connectivity index (χ1v) is 11.1. The minimum absolute atomic E-state index is 0.137. The predicted molar refractivity (Wildman–Crippen MR) is 135 cm³/mol. The van der Waals surface area contributed by atoms with Crippen LogP contribution in [0.5, 0.6) is 0 Å². The van der Waals surface area contributed by atoms with Gasteiger partial charge < -0.3 is 10.7 Å². The lowest BCUT2D eigenvalue weighted by Crippen LogP contribution is -2.47. The van der Waals surface area contributed by atoms with Crippen molar-refractivity contribution in [3.05, 3.63) is 112 Å². The van der Waals surface area contributed by atoms with Crippen molar-refractivity contribution in [3.8, 4) is 33.5 Å². The van der Waals surface area contributed by atoms with Gasteiger partial charge in [-0.1, -0.05) is 83.9 Å². The molecular formula is C29H26N3O+. The van der Waals surface area contributed by atoms with E-state index in [0.29, 0.717) is 10.9 Å². The van der Waals surface area contributed by atoms with Gasteiger partial charge in [-0.25, -0.2) is 4.98 Å². The molecule has 33 heavy (non-hydrogen) atoms. The number of nitrogens with one attached hydrogen (secondary N) is 1. The third-order valence-corrected chi connectivity index (χ3v) is 6.00. The van der Waals surface area contributed by atoms with Crippen LogP contribution in [-0.4, -0.2) is 9.97 Å². The highest BCUT2D eigenvalue weighted by Crippen LogP contribution is 2.35. The lowest BCUT2D eigenvalue weighted by Gasteiger charge is -2.14. The van der Waals surface area contributed by atoms with Crippen LogP contribution in [0.15, 0.2) is 89.9 Å². The van der Waals surface area contributed by atoms with Gasteiger partial charge in [0.25, 0.3) is 5.56 Å². The van der Waals surface area contributed by atoms with E-state index in [2.05, 4.69) is 79.2 Å². The molecular weight excluding hydrogens is 406 g/mol. The molecule has 0 spiro atoms. The van der Waals surface area contributed by atoms with E-state index in [-0.39, 0.29) is 5.56 Å². The monoisotopic (exact) mass is 432 g/mol. The van der Waals surface area contributed by atoms with Crippen LogP contribution in [0.1, 0.15) is 16.7 Å². The van der Waals surface area contributed by atoms with Gasteiger partial charge >= 0.3 is 0 Å². The average Bonchev–Trinajstić information content (AvgIpc) is 2.83. The Hall–Kier alpha value is -4.02. The van der Waals surface area contributed by atoms with Crippen LogP contribution >= 0.6 is 0 Å². The quantitative estimate of drug-likeness (QED) is 0.405. The first-order chi connectivity index (χ1) is 16.0. The van der Waals surface area contributed by atoms with Gasteiger partial charge in [-0.3, -0.25) is 4.79 Å². The van der Waals surface area contributed by atoms with Gasteiger partial charge in [0.15, 0.2) is 0 Å². The molecule has 0 radical (unpaired) electrons. The summed E-state index contributed by atoms with van der Waals surface area (Å²) >= 11 is 0. The van der Waals surface area contributed by atoms with Gasteiger partial charge in [0.05, 0.1) is 23.1 Å². The van der Waals surface area contributed by atoms with E-state index >= 15 is 0 Å². The zero-order chi connectivity index (χ0) is 22.9. The Labute approximate surface area is 192 Å². The fourth-order valence-corrected chi connectivity index (χ4v) is 4.41. The highest BCUT2D eigenvalue weighted by Gasteiger charge is 2.16. The summed E-state index contributed by atoms with van der Waals surface area (Å²) in [5.41, 5.74) is 13.9. The summed E-state index contributed by atoms with van der Waals surface area (Å²) in [5, 5.41) is 0.587. The van der Waals surface area contributed by atoms with Crippen molar-refractivity contribution in [2.45, 2.75) is 20.4 Å². The third-order valence-electron chi connectivity index (χ3n) is 6.00. The fourth-order valence-electron chi connectivity index (χ4n) is 4.41. The second-order valence-electron chi connectivity index (χ2n) is 8.50. The zero-order valence-electron chi connectivity index (χ0n) is 18.9. The number of benzene rings is 3. The lowest BCUT2D eigenvalue weighted by atomic mass is 9.95. The maximum atomic E-state index is 12.9. The standard InChI is InChI=1S/C29H25N3O/c1-18-12-19(2)14-23(13-18)26-17-31-29(33)25-15-24(21-6-4-3-5-7-21)27(32-28(25)26)22-10-8-20(16-30)9-11-22/h3-15,17H,16,30H2,1-2H3,(H,31,33)/p+1. The Balaban J connectivity index is 1.85. The number of hydrogen-bond acceptors (Lipinski definition) is 2. The van der Waals surface area contributed by atoms with Crippen molar-refractivity contribution in [1.82, 2.24) is 9.97 Å². The number of quaternary nitrogens is 1. The number of nitrogens with zero attached hydrogens (tertiary/aromatic N) is 1. The summed E-state index contributed by atoms with van der Waals surface area (Å²) in [4.78, 5) is 21.0. The number of hydrogen-bond donors (Lipinski definition) is 2. The van der Waals surface area contributed by atoms with E-state index in [4.69, 9.17) is 4.98 Å². The first-order valence-electron chi connectivity index (χ1n) is 11.1. The molecule has 4 nitrogen and oxygen atoms in total. The van der Waals surface area contributed by atoms with Gasteiger partial charge in [-0.2, -0.15) is 0 Å². The maximum absolute atomic E-state index is 12.9. The van der Waals surface area contributed by atoms with E-state index in [1.54, 1.807) is 6.20 Å².